The third-order valence-electron chi connectivity index (χ3n) is 1.22. The first-order chi connectivity index (χ1) is 5.02. The minimum absolute atomic E-state index is 0.00829. The average molecular weight is 159 g/mol. The van der Waals surface area contributed by atoms with Crippen LogP contribution in [-0.2, 0) is 14.3 Å². The predicted octanol–water partition coefficient (Wildman–Crippen LogP) is -0.144. The third-order valence-corrected chi connectivity index (χ3v) is 1.22. The van der Waals surface area contributed by atoms with Crippen LogP contribution in [-0.4, -0.2) is 24.4 Å². The highest BCUT2D eigenvalue weighted by molar-refractivity contribution is 5.81. The highest BCUT2D eigenvalue weighted by Crippen LogP contribution is 2.12. The monoisotopic (exact) mass is 159 g/mol. The molecule has 0 aromatic carbocycles. The number of ketones is 1. The second kappa shape index (κ2) is 4.08. The molecular formula is C7H13NO3. The van der Waals surface area contributed by atoms with E-state index in [1.165, 1.54) is 0 Å². The van der Waals surface area contributed by atoms with Crippen LogP contribution in [0.15, 0.2) is 0 Å². The second-order valence-corrected chi connectivity index (χ2v) is 2.89. The quantitative estimate of drug-likeness (QED) is 0.566. The van der Waals surface area contributed by atoms with Crippen LogP contribution in [0, 0.1) is 0 Å². The van der Waals surface area contributed by atoms with Gasteiger partial charge in [0.25, 0.3) is 6.47 Å². The van der Waals surface area contributed by atoms with Crippen molar-refractivity contribution in [3.05, 3.63) is 0 Å². The molecule has 0 aromatic heterocycles. The van der Waals surface area contributed by atoms with E-state index in [1.807, 2.05) is 0 Å². The van der Waals surface area contributed by atoms with Gasteiger partial charge in [0.1, 0.15) is 11.4 Å². The van der Waals surface area contributed by atoms with Crippen molar-refractivity contribution >= 4 is 12.3 Å². The highest BCUT2D eigenvalue weighted by atomic mass is 16.5. The van der Waals surface area contributed by atoms with Gasteiger partial charge < -0.3 is 10.5 Å². The molecule has 4 nitrogen and oxygen atoms in total. The van der Waals surface area contributed by atoms with E-state index in [1.54, 1.807) is 13.8 Å². The topological polar surface area (TPSA) is 69.4 Å². The first-order valence-electron chi connectivity index (χ1n) is 3.35. The Morgan fingerprint density at radius 2 is 2.18 bits per heavy atom. The lowest BCUT2D eigenvalue weighted by molar-refractivity contribution is -0.143. The number of carbonyl (C=O) groups excluding carboxylic acids is 2. The van der Waals surface area contributed by atoms with Crippen LogP contribution in [0.2, 0.25) is 0 Å². The average Bonchev–Trinajstić information content (AvgIpc) is 1.86. The zero-order valence-corrected chi connectivity index (χ0v) is 6.79. The van der Waals surface area contributed by atoms with Crippen molar-refractivity contribution in [1.29, 1.82) is 0 Å². The minimum atomic E-state index is -0.724. The summed E-state index contributed by atoms with van der Waals surface area (Å²) in [5, 5.41) is 0. The van der Waals surface area contributed by atoms with Gasteiger partial charge in [-0.1, -0.05) is 0 Å². The van der Waals surface area contributed by atoms with Gasteiger partial charge in [-0.2, -0.15) is 0 Å². The molecule has 4 heteroatoms. The van der Waals surface area contributed by atoms with Gasteiger partial charge in [0.05, 0.1) is 6.54 Å². The molecule has 64 valence electrons. The van der Waals surface area contributed by atoms with Crippen molar-refractivity contribution in [1.82, 2.24) is 0 Å². The number of carbonyl (C=O) groups is 2. The van der Waals surface area contributed by atoms with Gasteiger partial charge >= 0.3 is 0 Å². The van der Waals surface area contributed by atoms with E-state index in [9.17, 15) is 9.59 Å². The van der Waals surface area contributed by atoms with Gasteiger partial charge in [0, 0.05) is 6.42 Å². The number of hydrogen-bond acceptors (Lipinski definition) is 4. The van der Waals surface area contributed by atoms with Gasteiger partial charge in [-0.3, -0.25) is 9.59 Å². The van der Waals surface area contributed by atoms with Gasteiger partial charge in [-0.05, 0) is 13.8 Å². The zero-order chi connectivity index (χ0) is 8.91. The second-order valence-electron chi connectivity index (χ2n) is 2.89. The largest absolute Gasteiger partial charge is 0.461 e. The number of ether oxygens (including phenoxy) is 1. The highest BCUT2D eigenvalue weighted by Gasteiger charge is 2.21. The maximum Gasteiger partial charge on any atom is 0.293 e. The Labute approximate surface area is 65.7 Å². The van der Waals surface area contributed by atoms with Gasteiger partial charge in [0.15, 0.2) is 0 Å². The molecule has 0 aliphatic heterocycles. The maximum absolute atomic E-state index is 10.8. The number of hydrogen-bond donors (Lipinski definition) is 1. The summed E-state index contributed by atoms with van der Waals surface area (Å²) in [6, 6.07) is 0. The molecule has 0 spiro atoms. The first-order valence-corrected chi connectivity index (χ1v) is 3.35. The standard InChI is InChI=1S/C7H13NO3/c1-7(2,11-5-9)3-6(10)4-8/h5H,3-4,8H2,1-2H3. The molecule has 0 fully saturated rings. The van der Waals surface area contributed by atoms with E-state index in [2.05, 4.69) is 4.74 Å². The van der Waals surface area contributed by atoms with E-state index in [-0.39, 0.29) is 18.7 Å². The van der Waals surface area contributed by atoms with Gasteiger partial charge in [0.2, 0.25) is 0 Å². The Bertz CT molecular complexity index is 154. The van der Waals surface area contributed by atoms with Crippen molar-refractivity contribution < 1.29 is 14.3 Å². The Morgan fingerprint density at radius 1 is 1.64 bits per heavy atom. The summed E-state index contributed by atoms with van der Waals surface area (Å²) >= 11 is 0. The molecule has 0 saturated heterocycles. The van der Waals surface area contributed by atoms with Crippen LogP contribution in [0.25, 0.3) is 0 Å². The summed E-state index contributed by atoms with van der Waals surface area (Å²) in [6.07, 6.45) is 0.169. The van der Waals surface area contributed by atoms with Crippen molar-refractivity contribution in [3.8, 4) is 0 Å². The predicted molar refractivity (Wildman–Crippen MR) is 39.9 cm³/mol. The summed E-state index contributed by atoms with van der Waals surface area (Å²) in [4.78, 5) is 20.7. The molecule has 0 radical (unpaired) electrons. The normalized spacial score (nSPS) is 10.8. The van der Waals surface area contributed by atoms with Crippen molar-refractivity contribution in [2.45, 2.75) is 25.9 Å². The fourth-order valence-corrected chi connectivity index (χ4v) is 0.719. The van der Waals surface area contributed by atoms with Gasteiger partial charge in [-0.25, -0.2) is 0 Å². The Balaban J connectivity index is 3.89. The molecule has 0 aliphatic rings. The van der Waals surface area contributed by atoms with Crippen LogP contribution in [0.3, 0.4) is 0 Å². The smallest absolute Gasteiger partial charge is 0.293 e. The van der Waals surface area contributed by atoms with Crippen LogP contribution >= 0.6 is 0 Å². The molecular weight excluding hydrogens is 146 g/mol. The molecule has 0 aromatic rings. The van der Waals surface area contributed by atoms with Gasteiger partial charge in [-0.15, -0.1) is 0 Å². The van der Waals surface area contributed by atoms with Crippen LogP contribution in [0.1, 0.15) is 20.3 Å². The molecule has 2 N–H and O–H groups in total. The third kappa shape index (κ3) is 4.50. The minimum Gasteiger partial charge on any atom is -0.461 e. The molecule has 0 rings (SSSR count). The Kier molecular flexibility index (Phi) is 3.74. The Morgan fingerprint density at radius 3 is 2.55 bits per heavy atom. The molecule has 0 heterocycles. The lowest BCUT2D eigenvalue weighted by Crippen LogP contribution is -2.30. The first kappa shape index (κ1) is 10.1. The summed E-state index contributed by atoms with van der Waals surface area (Å²) in [5.41, 5.74) is 4.36. The lowest BCUT2D eigenvalue weighted by atomic mass is 10.0. The van der Waals surface area contributed by atoms with E-state index in [0.717, 1.165) is 0 Å². The van der Waals surface area contributed by atoms with E-state index in [0.29, 0.717) is 6.47 Å². The molecule has 11 heavy (non-hydrogen) atoms. The molecule has 0 amide bonds. The van der Waals surface area contributed by atoms with Crippen molar-refractivity contribution in [3.63, 3.8) is 0 Å². The SMILES string of the molecule is CC(C)(CC(=O)CN)OC=O. The Hall–Kier alpha value is -0.900. The van der Waals surface area contributed by atoms with Crippen LogP contribution < -0.4 is 5.73 Å². The van der Waals surface area contributed by atoms with E-state index >= 15 is 0 Å². The lowest BCUT2D eigenvalue weighted by Gasteiger charge is -2.20. The molecule has 0 bridgehead atoms. The van der Waals surface area contributed by atoms with Crippen LogP contribution in [0.4, 0.5) is 0 Å². The fraction of sp³-hybridized carbons (Fsp3) is 0.714. The van der Waals surface area contributed by atoms with E-state index < -0.39 is 5.60 Å². The molecule has 0 unspecified atom stereocenters. The molecule has 0 atom stereocenters. The van der Waals surface area contributed by atoms with E-state index in [4.69, 9.17) is 5.73 Å². The molecule has 0 saturated carbocycles. The summed E-state index contributed by atoms with van der Waals surface area (Å²) < 4.78 is 4.64. The number of nitrogens with two attached hydrogens (primary N) is 1. The summed E-state index contributed by atoms with van der Waals surface area (Å²) in [5.74, 6) is -0.114. The summed E-state index contributed by atoms with van der Waals surface area (Å²) in [6.45, 7) is 3.65. The van der Waals surface area contributed by atoms with Crippen LogP contribution in [0.5, 0.6) is 0 Å². The number of Topliss-reactive ketones (excluding diaryl/α,β-unsaturated/α-hetero) is 1. The summed E-state index contributed by atoms with van der Waals surface area (Å²) in [7, 11) is 0. The number of rotatable bonds is 5. The fourth-order valence-electron chi connectivity index (χ4n) is 0.719. The molecule has 0 aliphatic carbocycles. The maximum atomic E-state index is 10.8. The zero-order valence-electron chi connectivity index (χ0n) is 6.79. The van der Waals surface area contributed by atoms with Crippen molar-refractivity contribution in [2.75, 3.05) is 6.54 Å². The van der Waals surface area contributed by atoms with Crippen molar-refractivity contribution in [2.24, 2.45) is 5.73 Å².